The molecule has 3 radical (unpaired) electrons. The van der Waals surface area contributed by atoms with Gasteiger partial charge in [0, 0.05) is 20.8 Å². The Morgan fingerprint density at radius 1 is 0.778 bits per heavy atom. The highest BCUT2D eigenvalue weighted by atomic mass is 19.0. The molecule has 1 nitrogen and oxygen atoms in total. The molecule has 0 spiro atoms. The zero-order valence-electron chi connectivity index (χ0n) is 4.95. The molecular formula is C6H8BFN. The molecule has 1 N–H and O–H groups in total. The average molecular weight is 124 g/mol. The lowest BCUT2D eigenvalue weighted by Crippen LogP contribution is -1.87. The first-order chi connectivity index (χ1) is 3.50. The van der Waals surface area contributed by atoms with Crippen molar-refractivity contribution in [2.45, 2.75) is 0 Å². The minimum Gasteiger partial charge on any atom is -0.368 e. The van der Waals surface area contributed by atoms with Crippen molar-refractivity contribution in [3.8, 4) is 0 Å². The highest BCUT2D eigenvalue weighted by molar-refractivity contribution is 5.75. The van der Waals surface area contributed by atoms with E-state index in [2.05, 4.69) is 5.32 Å². The summed E-state index contributed by atoms with van der Waals surface area (Å²) in [5.74, 6) is 0. The minimum atomic E-state index is 0. The zero-order valence-corrected chi connectivity index (χ0v) is 4.95. The van der Waals surface area contributed by atoms with Gasteiger partial charge in [0.25, 0.3) is 0 Å². The van der Waals surface area contributed by atoms with Crippen molar-refractivity contribution in [3.05, 3.63) is 36.7 Å². The molecule has 0 amide bonds. The monoisotopic (exact) mass is 124 g/mol. The van der Waals surface area contributed by atoms with E-state index in [1.807, 2.05) is 36.7 Å². The number of halogens is 1. The highest BCUT2D eigenvalue weighted by Crippen LogP contribution is 1.81. The van der Waals surface area contributed by atoms with E-state index >= 15 is 0 Å². The van der Waals surface area contributed by atoms with E-state index in [1.54, 1.807) is 0 Å². The van der Waals surface area contributed by atoms with E-state index in [0.29, 0.717) is 0 Å². The van der Waals surface area contributed by atoms with Gasteiger partial charge < -0.3 is 5.32 Å². The SMILES string of the molecule is C1=CC=CNC=C1.F.[B]. The van der Waals surface area contributed by atoms with Gasteiger partial charge in [-0.1, -0.05) is 12.2 Å². The van der Waals surface area contributed by atoms with E-state index in [0.717, 1.165) is 0 Å². The smallest absolute Gasteiger partial charge is 0.000442 e. The Morgan fingerprint density at radius 3 is 1.67 bits per heavy atom. The molecule has 3 heteroatoms. The Kier molecular flexibility index (Phi) is 8.50. The molecule has 0 bridgehead atoms. The molecule has 0 atom stereocenters. The van der Waals surface area contributed by atoms with Crippen LogP contribution in [0, 0.1) is 0 Å². The molecule has 0 aromatic heterocycles. The van der Waals surface area contributed by atoms with Crippen LogP contribution in [0.25, 0.3) is 0 Å². The zero-order chi connectivity index (χ0) is 4.95. The van der Waals surface area contributed by atoms with Gasteiger partial charge in [-0.3, -0.25) is 4.70 Å². The second kappa shape index (κ2) is 7.01. The van der Waals surface area contributed by atoms with Crippen LogP contribution in [0.4, 0.5) is 4.70 Å². The molecule has 0 unspecified atom stereocenters. The van der Waals surface area contributed by atoms with Crippen molar-refractivity contribution in [3.63, 3.8) is 0 Å². The van der Waals surface area contributed by atoms with E-state index in [4.69, 9.17) is 0 Å². The van der Waals surface area contributed by atoms with Gasteiger partial charge in [-0.05, 0) is 12.2 Å². The normalized spacial score (nSPS) is 12.4. The summed E-state index contributed by atoms with van der Waals surface area (Å²) in [6, 6.07) is 0. The van der Waals surface area contributed by atoms with E-state index in [1.165, 1.54) is 0 Å². The predicted molar refractivity (Wildman–Crippen MR) is 38.8 cm³/mol. The lowest BCUT2D eigenvalue weighted by Gasteiger charge is -1.79. The van der Waals surface area contributed by atoms with Crippen LogP contribution in [0.1, 0.15) is 0 Å². The van der Waals surface area contributed by atoms with Crippen molar-refractivity contribution < 1.29 is 4.70 Å². The number of rotatable bonds is 0. The number of hydrogen-bond donors (Lipinski definition) is 1. The van der Waals surface area contributed by atoms with Crippen LogP contribution >= 0.6 is 0 Å². The van der Waals surface area contributed by atoms with Gasteiger partial charge in [-0.15, -0.1) is 0 Å². The first-order valence-corrected chi connectivity index (χ1v) is 2.24. The summed E-state index contributed by atoms with van der Waals surface area (Å²) in [4.78, 5) is 0. The first-order valence-electron chi connectivity index (χ1n) is 2.24. The van der Waals surface area contributed by atoms with Gasteiger partial charge in [-0.25, -0.2) is 0 Å². The van der Waals surface area contributed by atoms with Crippen molar-refractivity contribution >= 4 is 8.41 Å². The van der Waals surface area contributed by atoms with Gasteiger partial charge in [0.1, 0.15) is 0 Å². The van der Waals surface area contributed by atoms with Crippen LogP contribution in [-0.4, -0.2) is 8.41 Å². The summed E-state index contributed by atoms with van der Waals surface area (Å²) < 4.78 is 0. The Bertz CT molecular complexity index is 115. The molecule has 0 aliphatic carbocycles. The Labute approximate surface area is 56.1 Å². The summed E-state index contributed by atoms with van der Waals surface area (Å²) >= 11 is 0. The van der Waals surface area contributed by atoms with Crippen molar-refractivity contribution in [1.82, 2.24) is 5.32 Å². The van der Waals surface area contributed by atoms with Crippen LogP contribution in [-0.2, 0) is 0 Å². The Hall–Kier alpha value is -0.985. The molecule has 0 saturated heterocycles. The number of allylic oxidation sites excluding steroid dienone is 4. The predicted octanol–water partition coefficient (Wildman–Crippen LogP) is 0.945. The van der Waals surface area contributed by atoms with Crippen LogP contribution in [0.15, 0.2) is 36.7 Å². The molecule has 9 heavy (non-hydrogen) atoms. The van der Waals surface area contributed by atoms with Crippen LogP contribution < -0.4 is 5.32 Å². The maximum atomic E-state index is 2.92. The van der Waals surface area contributed by atoms with Gasteiger partial charge in [0.15, 0.2) is 0 Å². The van der Waals surface area contributed by atoms with Crippen LogP contribution in [0.2, 0.25) is 0 Å². The highest BCUT2D eigenvalue weighted by Gasteiger charge is 1.67. The fourth-order valence-electron chi connectivity index (χ4n) is 0.406. The lowest BCUT2D eigenvalue weighted by atomic mass is 10.5. The summed E-state index contributed by atoms with van der Waals surface area (Å²) in [7, 11) is 0. The molecule has 47 valence electrons. The molecule has 1 aliphatic heterocycles. The molecule has 1 aliphatic rings. The third-order valence-corrected chi connectivity index (χ3v) is 0.718. The van der Waals surface area contributed by atoms with Gasteiger partial charge in [0.05, 0.1) is 0 Å². The second-order valence-corrected chi connectivity index (χ2v) is 1.27. The van der Waals surface area contributed by atoms with Crippen molar-refractivity contribution in [2.75, 3.05) is 0 Å². The van der Waals surface area contributed by atoms with Crippen molar-refractivity contribution in [1.29, 1.82) is 0 Å². The standard InChI is InChI=1S/C6H7N.B.FH/c1-2-4-6-7-5-3-1;;/h1-7H;;1H. The van der Waals surface area contributed by atoms with Gasteiger partial charge in [0.2, 0.25) is 0 Å². The quantitative estimate of drug-likeness (QED) is 0.474. The van der Waals surface area contributed by atoms with Gasteiger partial charge >= 0.3 is 0 Å². The lowest BCUT2D eigenvalue weighted by molar-refractivity contribution is 1.11. The summed E-state index contributed by atoms with van der Waals surface area (Å²) in [5, 5.41) is 2.92. The van der Waals surface area contributed by atoms with E-state index in [-0.39, 0.29) is 13.1 Å². The van der Waals surface area contributed by atoms with E-state index in [9.17, 15) is 0 Å². The van der Waals surface area contributed by atoms with E-state index < -0.39 is 0 Å². The molecular weight excluding hydrogens is 116 g/mol. The average Bonchev–Trinajstić information content (AvgIpc) is 1.90. The molecule has 1 rings (SSSR count). The second-order valence-electron chi connectivity index (χ2n) is 1.27. The maximum absolute atomic E-state index is 2.92. The largest absolute Gasteiger partial charge is 0.368 e. The Morgan fingerprint density at radius 2 is 1.22 bits per heavy atom. The maximum Gasteiger partial charge on any atom is 0.000442 e. The van der Waals surface area contributed by atoms with Crippen LogP contribution in [0.5, 0.6) is 0 Å². The number of nitrogens with one attached hydrogen (secondary N) is 1. The molecule has 0 saturated carbocycles. The molecule has 0 fully saturated rings. The summed E-state index contributed by atoms with van der Waals surface area (Å²) in [6.45, 7) is 0. The fourth-order valence-corrected chi connectivity index (χ4v) is 0.406. The topological polar surface area (TPSA) is 12.0 Å². The van der Waals surface area contributed by atoms with Crippen molar-refractivity contribution in [2.24, 2.45) is 0 Å². The fraction of sp³-hybridized carbons (Fsp3) is 0. The third kappa shape index (κ3) is 4.88. The van der Waals surface area contributed by atoms with Crippen LogP contribution in [0.3, 0.4) is 0 Å². The summed E-state index contributed by atoms with van der Waals surface area (Å²) in [5.41, 5.74) is 0. The number of hydrogen-bond acceptors (Lipinski definition) is 1. The third-order valence-electron chi connectivity index (χ3n) is 0.718. The molecule has 0 aromatic rings. The molecule has 0 aromatic carbocycles. The minimum absolute atomic E-state index is 0. The van der Waals surface area contributed by atoms with Gasteiger partial charge in [-0.2, -0.15) is 0 Å². The summed E-state index contributed by atoms with van der Waals surface area (Å²) in [6.07, 6.45) is 11.6. The molecule has 1 heterocycles. The first kappa shape index (κ1) is 10.9. The Balaban J connectivity index is 0.